The summed E-state index contributed by atoms with van der Waals surface area (Å²) in [5.74, 6) is 0.517. The van der Waals surface area contributed by atoms with E-state index in [4.69, 9.17) is 4.74 Å². The van der Waals surface area contributed by atoms with E-state index in [1.54, 1.807) is 4.90 Å². The van der Waals surface area contributed by atoms with E-state index < -0.39 is 9.84 Å². The number of amides is 1. The number of sulfone groups is 1. The fourth-order valence-corrected chi connectivity index (χ4v) is 6.21. The third kappa shape index (κ3) is 6.05. The lowest BCUT2D eigenvalue weighted by Crippen LogP contribution is -2.49. The van der Waals surface area contributed by atoms with Gasteiger partial charge in [0.05, 0.1) is 24.2 Å². The van der Waals surface area contributed by atoms with E-state index in [1.165, 1.54) is 11.1 Å². The summed E-state index contributed by atoms with van der Waals surface area (Å²) in [4.78, 5) is 15.0. The third-order valence-electron chi connectivity index (χ3n) is 6.28. The van der Waals surface area contributed by atoms with Gasteiger partial charge in [-0.05, 0) is 42.7 Å². The summed E-state index contributed by atoms with van der Waals surface area (Å²) in [5.41, 5.74) is 2.46. The molecule has 0 radical (unpaired) electrons. The highest BCUT2D eigenvalue weighted by molar-refractivity contribution is 7.91. The third-order valence-corrected chi connectivity index (χ3v) is 8.03. The molecule has 1 N–H and O–H groups in total. The predicted octanol–water partition coefficient (Wildman–Crippen LogP) is 2.73. The summed E-state index contributed by atoms with van der Waals surface area (Å²) in [6.07, 6.45) is 3.46. The lowest BCUT2D eigenvalue weighted by molar-refractivity contribution is -0.134. The zero-order valence-corrected chi connectivity index (χ0v) is 19.3. The normalized spacial score (nSPS) is 24.3. The molecule has 1 amide bonds. The van der Waals surface area contributed by atoms with Crippen LogP contribution < -0.4 is 5.32 Å². The van der Waals surface area contributed by atoms with Crippen LogP contribution >= 0.6 is 0 Å². The van der Waals surface area contributed by atoms with Crippen molar-refractivity contribution in [1.29, 1.82) is 0 Å². The van der Waals surface area contributed by atoms with Crippen LogP contribution in [-0.2, 0) is 25.8 Å². The molecule has 2 saturated heterocycles. The summed E-state index contributed by atoms with van der Waals surface area (Å²) < 4.78 is 29.8. The van der Waals surface area contributed by atoms with E-state index in [0.717, 1.165) is 25.9 Å². The van der Waals surface area contributed by atoms with Gasteiger partial charge in [0.25, 0.3) is 0 Å². The zero-order chi connectivity index (χ0) is 21.7. The van der Waals surface area contributed by atoms with Gasteiger partial charge in [0.1, 0.15) is 0 Å². The Labute approximate surface area is 181 Å². The molecule has 6 nitrogen and oxygen atoms in total. The number of hydrogen-bond donors (Lipinski definition) is 1. The molecule has 0 spiro atoms. The van der Waals surface area contributed by atoms with Gasteiger partial charge in [-0.15, -0.1) is 0 Å². The molecule has 0 bridgehead atoms. The first-order valence-electron chi connectivity index (χ1n) is 11.2. The van der Waals surface area contributed by atoms with E-state index in [1.807, 2.05) is 0 Å². The standard InChI is InChI=1S/C23H36N2O4S/c1-4-18-7-9-19(10-8-18)23(17(2)3)24-14-22(26)25(15-21-6-5-12-29-21)20-11-13-30(27,28)16-20/h7-10,17,20-21,23-24H,4-6,11-16H2,1-3H3. The van der Waals surface area contributed by atoms with Crippen LogP contribution in [0.3, 0.4) is 0 Å². The molecule has 1 aromatic rings. The Balaban J connectivity index is 1.68. The van der Waals surface area contributed by atoms with Crippen LogP contribution in [0.25, 0.3) is 0 Å². The van der Waals surface area contributed by atoms with E-state index in [-0.39, 0.29) is 42.1 Å². The molecule has 30 heavy (non-hydrogen) atoms. The number of nitrogens with zero attached hydrogens (tertiary/aromatic N) is 1. The van der Waals surface area contributed by atoms with Crippen molar-refractivity contribution in [1.82, 2.24) is 10.2 Å². The first kappa shape index (κ1) is 23.2. The largest absolute Gasteiger partial charge is 0.376 e. The van der Waals surface area contributed by atoms with Crippen LogP contribution in [0, 0.1) is 5.92 Å². The molecular formula is C23H36N2O4S. The molecule has 3 rings (SSSR count). The van der Waals surface area contributed by atoms with Gasteiger partial charge in [0.15, 0.2) is 9.84 Å². The minimum absolute atomic E-state index is 0.0136. The predicted molar refractivity (Wildman–Crippen MR) is 119 cm³/mol. The summed E-state index contributed by atoms with van der Waals surface area (Å²) in [6.45, 7) is 7.82. The van der Waals surface area contributed by atoms with Crippen molar-refractivity contribution in [2.75, 3.05) is 31.2 Å². The van der Waals surface area contributed by atoms with Gasteiger partial charge in [0, 0.05) is 25.2 Å². The number of ether oxygens (including phenoxy) is 1. The molecule has 0 aliphatic carbocycles. The van der Waals surface area contributed by atoms with Gasteiger partial charge in [-0.2, -0.15) is 0 Å². The van der Waals surface area contributed by atoms with Crippen molar-refractivity contribution in [2.45, 2.75) is 64.6 Å². The lowest BCUT2D eigenvalue weighted by Gasteiger charge is -2.32. The first-order chi connectivity index (χ1) is 14.3. The number of nitrogens with one attached hydrogen (secondary N) is 1. The highest BCUT2D eigenvalue weighted by atomic mass is 32.2. The highest BCUT2D eigenvalue weighted by Crippen LogP contribution is 2.24. The second-order valence-corrected chi connectivity index (χ2v) is 11.2. The van der Waals surface area contributed by atoms with Crippen LogP contribution in [0.5, 0.6) is 0 Å². The van der Waals surface area contributed by atoms with E-state index in [0.29, 0.717) is 18.9 Å². The Bertz CT molecular complexity index is 801. The van der Waals surface area contributed by atoms with Crippen LogP contribution in [-0.4, -0.2) is 62.6 Å². The monoisotopic (exact) mass is 436 g/mol. The van der Waals surface area contributed by atoms with Gasteiger partial charge in [0.2, 0.25) is 5.91 Å². The number of rotatable bonds is 9. The minimum Gasteiger partial charge on any atom is -0.376 e. The number of hydrogen-bond acceptors (Lipinski definition) is 5. The van der Waals surface area contributed by atoms with Crippen molar-refractivity contribution in [3.63, 3.8) is 0 Å². The van der Waals surface area contributed by atoms with Gasteiger partial charge in [-0.25, -0.2) is 8.42 Å². The van der Waals surface area contributed by atoms with Crippen molar-refractivity contribution >= 4 is 15.7 Å². The topological polar surface area (TPSA) is 75.7 Å². The van der Waals surface area contributed by atoms with Crippen molar-refractivity contribution in [3.05, 3.63) is 35.4 Å². The molecule has 2 heterocycles. The molecule has 2 fully saturated rings. The molecular weight excluding hydrogens is 400 g/mol. The minimum atomic E-state index is -3.06. The summed E-state index contributed by atoms with van der Waals surface area (Å²) in [5, 5.41) is 3.44. The molecule has 0 aromatic heterocycles. The second-order valence-electron chi connectivity index (χ2n) is 8.94. The van der Waals surface area contributed by atoms with Crippen LogP contribution in [0.15, 0.2) is 24.3 Å². The second kappa shape index (κ2) is 10.2. The molecule has 2 aliphatic heterocycles. The van der Waals surface area contributed by atoms with E-state index in [9.17, 15) is 13.2 Å². The lowest BCUT2D eigenvalue weighted by atomic mass is 9.95. The van der Waals surface area contributed by atoms with Crippen LogP contribution in [0.2, 0.25) is 0 Å². The molecule has 3 unspecified atom stereocenters. The summed E-state index contributed by atoms with van der Waals surface area (Å²) >= 11 is 0. The Morgan fingerprint density at radius 2 is 1.97 bits per heavy atom. The number of aryl methyl sites for hydroxylation is 1. The summed E-state index contributed by atoms with van der Waals surface area (Å²) in [7, 11) is -3.06. The van der Waals surface area contributed by atoms with Crippen molar-refractivity contribution in [3.8, 4) is 0 Å². The van der Waals surface area contributed by atoms with Crippen molar-refractivity contribution in [2.24, 2.45) is 5.92 Å². The molecule has 168 valence electrons. The van der Waals surface area contributed by atoms with Gasteiger partial charge < -0.3 is 15.0 Å². The molecule has 2 aliphatic rings. The van der Waals surface area contributed by atoms with Gasteiger partial charge in [-0.1, -0.05) is 45.0 Å². The Morgan fingerprint density at radius 3 is 2.50 bits per heavy atom. The van der Waals surface area contributed by atoms with Crippen LogP contribution in [0.4, 0.5) is 0 Å². The quantitative estimate of drug-likeness (QED) is 0.644. The van der Waals surface area contributed by atoms with E-state index >= 15 is 0 Å². The van der Waals surface area contributed by atoms with Gasteiger partial charge >= 0.3 is 0 Å². The number of carbonyl (C=O) groups excluding carboxylic acids is 1. The maximum atomic E-state index is 13.2. The average Bonchev–Trinajstić information content (AvgIpc) is 3.35. The highest BCUT2D eigenvalue weighted by Gasteiger charge is 2.36. The first-order valence-corrected chi connectivity index (χ1v) is 13.0. The SMILES string of the molecule is CCc1ccc(C(NCC(=O)N(CC2CCCO2)C2CCS(=O)(=O)C2)C(C)C)cc1. The molecule has 0 saturated carbocycles. The molecule has 7 heteroatoms. The Kier molecular flexibility index (Phi) is 7.93. The maximum absolute atomic E-state index is 13.2. The average molecular weight is 437 g/mol. The van der Waals surface area contributed by atoms with Crippen LogP contribution in [0.1, 0.15) is 57.2 Å². The zero-order valence-electron chi connectivity index (χ0n) is 18.5. The van der Waals surface area contributed by atoms with Crippen molar-refractivity contribution < 1.29 is 17.9 Å². The number of carbonyl (C=O) groups is 1. The maximum Gasteiger partial charge on any atom is 0.236 e. The molecule has 3 atom stereocenters. The Hall–Kier alpha value is -1.44. The fourth-order valence-electron chi connectivity index (χ4n) is 4.48. The fraction of sp³-hybridized carbons (Fsp3) is 0.696. The Morgan fingerprint density at radius 1 is 1.23 bits per heavy atom. The van der Waals surface area contributed by atoms with E-state index in [2.05, 4.69) is 50.4 Å². The molecule has 1 aromatic carbocycles. The number of benzene rings is 1. The smallest absolute Gasteiger partial charge is 0.236 e. The van der Waals surface area contributed by atoms with Gasteiger partial charge in [-0.3, -0.25) is 4.79 Å². The summed E-state index contributed by atoms with van der Waals surface area (Å²) in [6, 6.07) is 8.37.